The van der Waals surface area contributed by atoms with Crippen LogP contribution in [0.4, 0.5) is 10.1 Å². The number of aromatic amines is 2. The second kappa shape index (κ2) is 11.2. The molecule has 45 heavy (non-hydrogen) atoms. The van der Waals surface area contributed by atoms with E-state index in [9.17, 15) is 17.6 Å². The number of nitrogens with one attached hydrogen (secondary N) is 3. The molecule has 1 unspecified atom stereocenters. The van der Waals surface area contributed by atoms with E-state index in [1.165, 1.54) is 6.07 Å². The van der Waals surface area contributed by atoms with Crippen LogP contribution in [0.3, 0.4) is 0 Å². The average molecular weight is 624 g/mol. The van der Waals surface area contributed by atoms with E-state index in [-0.39, 0.29) is 17.4 Å². The van der Waals surface area contributed by atoms with Crippen LogP contribution < -0.4 is 11.1 Å². The summed E-state index contributed by atoms with van der Waals surface area (Å²) >= 11 is 0. The smallest absolute Gasteiger partial charge is 0.227 e. The maximum atomic E-state index is 14.7. The summed E-state index contributed by atoms with van der Waals surface area (Å²) in [6.07, 6.45) is 10.1. The number of hydrogen-bond donors (Lipinski definition) is 4. The number of sulfone groups is 1. The molecule has 0 aliphatic heterocycles. The van der Waals surface area contributed by atoms with Gasteiger partial charge in [-0.3, -0.25) is 19.9 Å². The highest BCUT2D eigenvalue weighted by Gasteiger charge is 2.23. The van der Waals surface area contributed by atoms with Gasteiger partial charge in [0.2, 0.25) is 5.91 Å². The van der Waals surface area contributed by atoms with Gasteiger partial charge in [0.15, 0.2) is 9.84 Å². The molecule has 0 radical (unpaired) electrons. The van der Waals surface area contributed by atoms with Crippen molar-refractivity contribution in [3.63, 3.8) is 0 Å². The summed E-state index contributed by atoms with van der Waals surface area (Å²) in [7, 11) is -3.65. The van der Waals surface area contributed by atoms with Crippen molar-refractivity contribution < 1.29 is 17.6 Å². The van der Waals surface area contributed by atoms with Gasteiger partial charge in [-0.1, -0.05) is 18.9 Å². The highest BCUT2D eigenvalue weighted by molar-refractivity contribution is 7.90. The number of hydrogen-bond acceptors (Lipinski definition) is 7. The number of pyridine rings is 2. The van der Waals surface area contributed by atoms with Crippen molar-refractivity contribution in [3.8, 4) is 33.8 Å². The lowest BCUT2D eigenvalue weighted by atomic mass is 10.0. The van der Waals surface area contributed by atoms with Gasteiger partial charge in [-0.2, -0.15) is 5.10 Å². The van der Waals surface area contributed by atoms with Crippen LogP contribution in [-0.4, -0.2) is 45.7 Å². The summed E-state index contributed by atoms with van der Waals surface area (Å²) in [6, 6.07) is 15.5. The van der Waals surface area contributed by atoms with E-state index in [4.69, 9.17) is 5.73 Å². The van der Waals surface area contributed by atoms with Gasteiger partial charge >= 0.3 is 0 Å². The fourth-order valence-corrected chi connectivity index (χ4v) is 6.70. The minimum Gasteiger partial charge on any atom is -0.353 e. The van der Waals surface area contributed by atoms with Crippen LogP contribution in [0.2, 0.25) is 0 Å². The molecule has 0 saturated heterocycles. The fraction of sp³-hybridized carbons (Fsp3) is 0.212. The third-order valence-electron chi connectivity index (χ3n) is 8.41. The molecule has 4 aromatic heterocycles. The van der Waals surface area contributed by atoms with E-state index >= 15 is 0 Å². The number of nitrogens with zero attached hydrogens (tertiary/aromatic N) is 3. The van der Waals surface area contributed by atoms with E-state index in [0.717, 1.165) is 65.6 Å². The number of carbonyl (C=O) groups is 1. The van der Waals surface area contributed by atoms with Gasteiger partial charge in [0.25, 0.3) is 0 Å². The number of rotatable bonds is 7. The molecule has 0 spiro atoms. The topological polar surface area (TPSA) is 160 Å². The molecule has 12 heteroatoms. The molecule has 1 saturated carbocycles. The number of amides is 1. The van der Waals surface area contributed by atoms with Crippen LogP contribution in [0.15, 0.2) is 73.2 Å². The highest BCUT2D eigenvalue weighted by atomic mass is 32.2. The quantitative estimate of drug-likeness (QED) is 0.167. The zero-order chi connectivity index (χ0) is 31.3. The summed E-state index contributed by atoms with van der Waals surface area (Å²) in [6.45, 7) is 0. The van der Waals surface area contributed by atoms with E-state index in [1.807, 2.05) is 36.4 Å². The van der Waals surface area contributed by atoms with Crippen LogP contribution in [-0.2, 0) is 14.6 Å². The summed E-state index contributed by atoms with van der Waals surface area (Å²) in [5, 5.41) is 10.9. The number of anilines is 1. The van der Waals surface area contributed by atoms with Crippen molar-refractivity contribution in [1.29, 1.82) is 0 Å². The maximum absolute atomic E-state index is 14.7. The Balaban J connectivity index is 1.25. The van der Waals surface area contributed by atoms with Gasteiger partial charge in [0.05, 0.1) is 28.8 Å². The standard InChI is InChI=1S/C33H30FN7O3S/c1-45(43,44)32(35)21-10-20(11-23(34)12-21)30-26-15-29(39-27(26)8-9-37-30)31-25-14-19(6-7-28(25)40-41-31)22-13-24(17-36-16-22)38-33(42)18-4-2-3-5-18/h6-18,32,39H,2-5,35H2,1H3,(H,38,42)(H,40,41). The zero-order valence-electron chi connectivity index (χ0n) is 24.3. The van der Waals surface area contributed by atoms with Crippen LogP contribution in [0.1, 0.15) is 36.6 Å². The molecule has 1 atom stereocenters. The van der Waals surface area contributed by atoms with Crippen LogP contribution in [0.25, 0.3) is 55.6 Å². The third kappa shape index (κ3) is 5.58. The molecule has 5 N–H and O–H groups in total. The van der Waals surface area contributed by atoms with E-state index in [2.05, 4.69) is 30.5 Å². The normalized spacial score (nSPS) is 14.7. The monoisotopic (exact) mass is 623 g/mol. The summed E-state index contributed by atoms with van der Waals surface area (Å²) < 4.78 is 38.8. The number of H-pyrrole nitrogens is 2. The molecule has 1 aliphatic carbocycles. The summed E-state index contributed by atoms with van der Waals surface area (Å²) in [5.74, 6) is -0.517. The fourth-order valence-electron chi connectivity index (χ4n) is 6.07. The van der Waals surface area contributed by atoms with Gasteiger partial charge in [-0.25, -0.2) is 12.8 Å². The van der Waals surface area contributed by atoms with Gasteiger partial charge in [-0.15, -0.1) is 0 Å². The molecule has 6 aromatic rings. The van der Waals surface area contributed by atoms with Crippen molar-refractivity contribution in [3.05, 3.63) is 84.6 Å². The van der Waals surface area contributed by atoms with Gasteiger partial charge in [0.1, 0.15) is 16.9 Å². The minimum absolute atomic E-state index is 0.0411. The van der Waals surface area contributed by atoms with Gasteiger partial charge < -0.3 is 16.0 Å². The van der Waals surface area contributed by atoms with Crippen LogP contribution in [0.5, 0.6) is 0 Å². The lowest BCUT2D eigenvalue weighted by Crippen LogP contribution is -2.20. The number of halogens is 1. The highest BCUT2D eigenvalue weighted by Crippen LogP contribution is 2.36. The molecule has 7 rings (SSSR count). The molecule has 2 aromatic carbocycles. The first kappa shape index (κ1) is 28.8. The largest absolute Gasteiger partial charge is 0.353 e. The number of aromatic nitrogens is 5. The minimum atomic E-state index is -3.65. The molecule has 10 nitrogen and oxygen atoms in total. The first-order valence-corrected chi connectivity index (χ1v) is 16.6. The van der Waals surface area contributed by atoms with E-state index < -0.39 is 21.0 Å². The summed E-state index contributed by atoms with van der Waals surface area (Å²) in [5.41, 5.74) is 12.3. The average Bonchev–Trinajstić information content (AvgIpc) is 3.79. The number of fused-ring (bicyclic) bond motifs is 2. The Bertz CT molecular complexity index is 2200. The van der Waals surface area contributed by atoms with E-state index in [0.29, 0.717) is 33.7 Å². The Morgan fingerprint density at radius 1 is 0.956 bits per heavy atom. The SMILES string of the molecule is CS(=O)(=O)C(N)c1cc(F)cc(-c2nccc3[nH]c(-c4n[nH]c5ccc(-c6cncc(NC(=O)C7CCCC7)c6)cc45)cc23)c1. The lowest BCUT2D eigenvalue weighted by Gasteiger charge is -2.12. The molecule has 0 bridgehead atoms. The number of benzene rings is 2. The Labute approximate surface area is 258 Å². The molecule has 4 heterocycles. The first-order valence-electron chi connectivity index (χ1n) is 14.6. The number of carbonyl (C=O) groups excluding carboxylic acids is 1. The van der Waals surface area contributed by atoms with Crippen molar-refractivity contribution in [1.82, 2.24) is 25.1 Å². The Morgan fingerprint density at radius 3 is 2.56 bits per heavy atom. The molecule has 1 fully saturated rings. The molecule has 1 amide bonds. The Hall–Kier alpha value is -4.94. The molecular weight excluding hydrogens is 593 g/mol. The lowest BCUT2D eigenvalue weighted by molar-refractivity contribution is -0.119. The maximum Gasteiger partial charge on any atom is 0.227 e. The van der Waals surface area contributed by atoms with Crippen molar-refractivity contribution >= 4 is 43.2 Å². The first-order chi connectivity index (χ1) is 21.6. The second-order valence-corrected chi connectivity index (χ2v) is 13.8. The predicted molar refractivity (Wildman–Crippen MR) is 172 cm³/mol. The van der Waals surface area contributed by atoms with Gasteiger partial charge in [0, 0.05) is 52.0 Å². The second-order valence-electron chi connectivity index (χ2n) is 11.6. The zero-order valence-corrected chi connectivity index (χ0v) is 25.2. The van der Waals surface area contributed by atoms with Crippen LogP contribution >= 0.6 is 0 Å². The Morgan fingerprint density at radius 2 is 1.76 bits per heavy atom. The van der Waals surface area contributed by atoms with Crippen molar-refractivity contribution in [2.75, 3.05) is 11.6 Å². The third-order valence-corrected chi connectivity index (χ3v) is 9.61. The Kier molecular flexibility index (Phi) is 7.17. The molecule has 228 valence electrons. The van der Waals surface area contributed by atoms with Crippen molar-refractivity contribution in [2.45, 2.75) is 31.1 Å². The van der Waals surface area contributed by atoms with Gasteiger partial charge in [-0.05, 0) is 72.5 Å². The van der Waals surface area contributed by atoms with E-state index in [1.54, 1.807) is 24.7 Å². The predicted octanol–water partition coefficient (Wildman–Crippen LogP) is 6.10. The molecular formula is C33H30FN7O3S. The van der Waals surface area contributed by atoms with Crippen molar-refractivity contribution in [2.24, 2.45) is 11.7 Å². The van der Waals surface area contributed by atoms with Crippen LogP contribution in [0, 0.1) is 11.7 Å². The molecule has 1 aliphatic rings. The summed E-state index contributed by atoms with van der Waals surface area (Å²) in [4.78, 5) is 25.0. The number of nitrogens with two attached hydrogens (primary N) is 1.